The first kappa shape index (κ1) is 17.4. The molecule has 26 heavy (non-hydrogen) atoms. The van der Waals surface area contributed by atoms with Crippen LogP contribution in [0.3, 0.4) is 0 Å². The number of hydrogen-bond acceptors (Lipinski definition) is 1. The van der Waals surface area contributed by atoms with Gasteiger partial charge in [0.25, 0.3) is 5.82 Å². The summed E-state index contributed by atoms with van der Waals surface area (Å²) in [5.74, 6) is 4.56. The average Bonchev–Trinajstić information content (AvgIpc) is 2.65. The van der Waals surface area contributed by atoms with Crippen molar-refractivity contribution in [3.8, 4) is 0 Å². The Balaban J connectivity index is 1.71. The molecule has 0 radical (unpaired) electrons. The monoisotopic (exact) mass is 345 g/mol. The lowest BCUT2D eigenvalue weighted by Crippen LogP contribution is -2.50. The van der Waals surface area contributed by atoms with Crippen LogP contribution in [0.1, 0.15) is 44.6 Å². The number of pyridine rings is 1. The Morgan fingerprint density at radius 2 is 1.88 bits per heavy atom. The van der Waals surface area contributed by atoms with E-state index in [-0.39, 0.29) is 0 Å². The van der Waals surface area contributed by atoms with E-state index < -0.39 is 0 Å². The van der Waals surface area contributed by atoms with Crippen molar-refractivity contribution >= 4 is 24.3 Å². The molecule has 2 aliphatic rings. The highest BCUT2D eigenvalue weighted by atomic mass is 15.2. The lowest BCUT2D eigenvalue weighted by molar-refractivity contribution is -0.658. The highest BCUT2D eigenvalue weighted by Crippen LogP contribution is 2.28. The summed E-state index contributed by atoms with van der Waals surface area (Å²) in [5, 5.41) is 2.71. The second-order valence-electron chi connectivity index (χ2n) is 8.16. The molecular weight excluding hydrogens is 315 g/mol. The summed E-state index contributed by atoms with van der Waals surface area (Å²) >= 11 is 0. The predicted octanol–water partition coefficient (Wildman–Crippen LogP) is 3.22. The fourth-order valence-electron chi connectivity index (χ4n) is 4.81. The molecule has 134 valence electrons. The maximum absolute atomic E-state index is 2.49. The van der Waals surface area contributed by atoms with Gasteiger partial charge in [-0.25, -0.2) is 4.57 Å². The van der Waals surface area contributed by atoms with Crippen molar-refractivity contribution in [2.24, 2.45) is 13.0 Å². The summed E-state index contributed by atoms with van der Waals surface area (Å²) in [6.07, 6.45) is 10.6. The van der Waals surface area contributed by atoms with E-state index in [1.165, 1.54) is 66.0 Å². The van der Waals surface area contributed by atoms with Crippen molar-refractivity contribution in [3.05, 3.63) is 58.6 Å². The Hall–Kier alpha value is -2.03. The number of fused-ring (bicyclic) bond motifs is 1. The summed E-state index contributed by atoms with van der Waals surface area (Å²) in [5.41, 5.74) is 2.84. The van der Waals surface area contributed by atoms with E-state index in [1.54, 1.807) is 0 Å². The molecule has 0 bridgehead atoms. The quantitative estimate of drug-likeness (QED) is 0.612. The third-order valence-corrected chi connectivity index (χ3v) is 6.22. The summed E-state index contributed by atoms with van der Waals surface area (Å²) in [6, 6.07) is 13.5. The molecule has 0 atom stereocenters. The molecule has 1 fully saturated rings. The van der Waals surface area contributed by atoms with Gasteiger partial charge >= 0.3 is 6.85 Å². The molecule has 0 amide bonds. The zero-order chi connectivity index (χ0) is 18.1. The summed E-state index contributed by atoms with van der Waals surface area (Å²) in [6.45, 7) is 4.92. The molecular formula is C23H30BN2+. The van der Waals surface area contributed by atoms with Crippen LogP contribution in [0.15, 0.2) is 42.6 Å². The highest BCUT2D eigenvalue weighted by Gasteiger charge is 2.32. The number of nitrogens with zero attached hydrogens (tertiary/aromatic N) is 2. The molecule has 4 rings (SSSR count). The Morgan fingerprint density at radius 3 is 2.69 bits per heavy atom. The zero-order valence-corrected chi connectivity index (χ0v) is 16.4. The third kappa shape index (κ3) is 3.32. The molecule has 1 aromatic carbocycles. The van der Waals surface area contributed by atoms with Crippen LogP contribution in [-0.2, 0) is 13.5 Å². The second-order valence-corrected chi connectivity index (χ2v) is 8.16. The Morgan fingerprint density at radius 1 is 1.12 bits per heavy atom. The normalized spacial score (nSPS) is 17.9. The van der Waals surface area contributed by atoms with Crippen molar-refractivity contribution in [2.75, 3.05) is 4.81 Å². The van der Waals surface area contributed by atoms with Gasteiger partial charge in [-0.05, 0) is 42.9 Å². The SMILES string of the molecule is CB1C=c2ccccc2=C(C)N1c1cc(CC2CCCCC2)cc[n+]1C. The predicted molar refractivity (Wildman–Crippen MR) is 111 cm³/mol. The molecule has 1 aliphatic heterocycles. The molecule has 1 saturated carbocycles. The minimum absolute atomic E-state index is 0.362. The molecule has 0 saturated heterocycles. The van der Waals surface area contributed by atoms with Crippen LogP contribution in [-0.4, -0.2) is 6.85 Å². The number of benzene rings is 1. The summed E-state index contributed by atoms with van der Waals surface area (Å²) in [4.78, 5) is 2.49. The lowest BCUT2D eigenvalue weighted by atomic mass is 9.60. The van der Waals surface area contributed by atoms with Crippen molar-refractivity contribution in [1.29, 1.82) is 0 Å². The van der Waals surface area contributed by atoms with Crippen molar-refractivity contribution in [3.63, 3.8) is 0 Å². The van der Waals surface area contributed by atoms with Crippen molar-refractivity contribution in [2.45, 2.75) is 52.3 Å². The summed E-state index contributed by atoms with van der Waals surface area (Å²) < 4.78 is 2.27. The number of hydrogen-bond donors (Lipinski definition) is 0. The van der Waals surface area contributed by atoms with Crippen LogP contribution in [0.4, 0.5) is 5.82 Å². The number of anilines is 1. The van der Waals surface area contributed by atoms with Gasteiger partial charge in [-0.2, -0.15) is 0 Å². The Labute approximate surface area is 158 Å². The third-order valence-electron chi connectivity index (χ3n) is 6.22. The molecule has 1 aliphatic carbocycles. The average molecular weight is 345 g/mol. The largest absolute Gasteiger partial charge is 0.402 e. The topological polar surface area (TPSA) is 7.12 Å². The van der Waals surface area contributed by atoms with Crippen molar-refractivity contribution < 1.29 is 4.57 Å². The molecule has 0 spiro atoms. The van der Waals surface area contributed by atoms with E-state index in [0.29, 0.717) is 6.85 Å². The van der Waals surface area contributed by atoms with E-state index >= 15 is 0 Å². The van der Waals surface area contributed by atoms with Crippen LogP contribution in [0.2, 0.25) is 6.82 Å². The van der Waals surface area contributed by atoms with E-state index in [9.17, 15) is 0 Å². The van der Waals surface area contributed by atoms with Crippen LogP contribution in [0.5, 0.6) is 0 Å². The van der Waals surface area contributed by atoms with E-state index in [4.69, 9.17) is 0 Å². The van der Waals surface area contributed by atoms with E-state index in [0.717, 1.165) is 5.92 Å². The number of aryl methyl sites for hydroxylation is 1. The second kappa shape index (κ2) is 7.30. The van der Waals surface area contributed by atoms with Crippen LogP contribution in [0.25, 0.3) is 11.7 Å². The molecule has 2 heterocycles. The standard InChI is InChI=1S/C23H30BN2/c1-18-22-12-8-7-11-21(22)17-24(2)26(18)23-16-20(13-14-25(23)3)15-19-9-5-4-6-10-19/h7-8,11-14,16-17,19H,4-6,9-10,15H2,1-3H3/q+1. The van der Waals surface area contributed by atoms with Gasteiger partial charge in [0.1, 0.15) is 0 Å². The van der Waals surface area contributed by atoms with Gasteiger partial charge in [0, 0.05) is 11.3 Å². The van der Waals surface area contributed by atoms with Crippen molar-refractivity contribution in [1.82, 2.24) is 0 Å². The summed E-state index contributed by atoms with van der Waals surface area (Å²) in [7, 11) is 2.17. The van der Waals surface area contributed by atoms with Gasteiger partial charge in [0.05, 0.1) is 18.9 Å². The first-order valence-corrected chi connectivity index (χ1v) is 10.2. The minimum atomic E-state index is 0.362. The van der Waals surface area contributed by atoms with Gasteiger partial charge in [0.15, 0.2) is 0 Å². The molecule has 2 aromatic rings. The Kier molecular flexibility index (Phi) is 4.89. The highest BCUT2D eigenvalue weighted by molar-refractivity contribution is 6.77. The maximum Gasteiger partial charge on any atom is 0.402 e. The van der Waals surface area contributed by atoms with E-state index in [2.05, 4.69) is 78.7 Å². The van der Waals surface area contributed by atoms with Gasteiger partial charge < -0.3 is 0 Å². The fraction of sp³-hybridized carbons (Fsp3) is 0.435. The molecule has 0 unspecified atom stereocenters. The zero-order valence-electron chi connectivity index (χ0n) is 16.4. The van der Waals surface area contributed by atoms with Crippen LogP contribution >= 0.6 is 0 Å². The van der Waals surface area contributed by atoms with Crippen LogP contribution < -0.4 is 19.8 Å². The Bertz CT molecular complexity index is 912. The molecule has 3 heteroatoms. The van der Waals surface area contributed by atoms with E-state index in [1.807, 2.05) is 0 Å². The fourth-order valence-corrected chi connectivity index (χ4v) is 4.81. The minimum Gasteiger partial charge on any atom is -0.291 e. The first-order valence-electron chi connectivity index (χ1n) is 10.2. The molecule has 1 aromatic heterocycles. The maximum atomic E-state index is 2.49. The lowest BCUT2D eigenvalue weighted by Gasteiger charge is -2.26. The van der Waals surface area contributed by atoms with Gasteiger partial charge in [-0.3, -0.25) is 4.81 Å². The van der Waals surface area contributed by atoms with Gasteiger partial charge in [0.2, 0.25) is 0 Å². The molecule has 2 nitrogen and oxygen atoms in total. The number of rotatable bonds is 3. The first-order chi connectivity index (χ1) is 12.6. The smallest absolute Gasteiger partial charge is 0.291 e. The van der Waals surface area contributed by atoms with Crippen LogP contribution in [0, 0.1) is 5.92 Å². The molecule has 0 N–H and O–H groups in total. The van der Waals surface area contributed by atoms with Gasteiger partial charge in [-0.1, -0.05) is 62.3 Å². The number of aromatic nitrogens is 1. The van der Waals surface area contributed by atoms with Gasteiger partial charge in [-0.15, -0.1) is 0 Å².